The number of alkyl halides is 1. The highest BCUT2D eigenvalue weighted by atomic mass is 79.9. The van der Waals surface area contributed by atoms with Crippen LogP contribution >= 0.6 is 15.9 Å². The topological polar surface area (TPSA) is 46.2 Å². The third-order valence-electron chi connectivity index (χ3n) is 6.16. The number of nitrogens with one attached hydrogen (secondary N) is 1. The Morgan fingerprint density at radius 3 is 2.33 bits per heavy atom. The summed E-state index contributed by atoms with van der Waals surface area (Å²) in [7, 11) is 0. The number of hydrogen-bond acceptors (Lipinski definition) is 2. The Morgan fingerprint density at radius 1 is 1.19 bits per heavy atom. The van der Waals surface area contributed by atoms with Crippen molar-refractivity contribution in [1.82, 2.24) is 0 Å². The summed E-state index contributed by atoms with van der Waals surface area (Å²) in [6, 6.07) is 9.44. The Kier molecular flexibility index (Phi) is 3.11. The summed E-state index contributed by atoms with van der Waals surface area (Å²) in [5.41, 5.74) is -0.672. The van der Waals surface area contributed by atoms with Crippen molar-refractivity contribution in [2.45, 2.75) is 38.4 Å². The Labute approximate surface area is 133 Å². The second-order valence-corrected chi connectivity index (χ2v) is 7.89. The maximum absolute atomic E-state index is 13.0. The van der Waals surface area contributed by atoms with Crippen LogP contribution in [0.15, 0.2) is 30.3 Å². The molecule has 1 aromatic rings. The smallest absolute Gasteiger partial charge is 0.232 e. The highest BCUT2D eigenvalue weighted by molar-refractivity contribution is 9.10. The summed E-state index contributed by atoms with van der Waals surface area (Å²) in [6.07, 6.45) is 1.53. The van der Waals surface area contributed by atoms with Crippen LogP contribution in [0, 0.1) is 16.2 Å². The first kappa shape index (κ1) is 14.8. The van der Waals surface area contributed by atoms with Gasteiger partial charge in [-0.25, -0.2) is 0 Å². The number of para-hydroxylation sites is 1. The molecule has 0 radical (unpaired) electrons. The van der Waals surface area contributed by atoms with Crippen molar-refractivity contribution >= 4 is 33.3 Å². The molecule has 0 heterocycles. The van der Waals surface area contributed by atoms with Crippen molar-refractivity contribution in [2.24, 2.45) is 16.2 Å². The number of anilines is 1. The second kappa shape index (κ2) is 4.42. The van der Waals surface area contributed by atoms with E-state index in [1.54, 1.807) is 0 Å². The van der Waals surface area contributed by atoms with E-state index in [1.165, 1.54) is 0 Å². The molecule has 2 fully saturated rings. The number of carbonyl (C=O) groups is 2. The van der Waals surface area contributed by atoms with E-state index in [1.807, 2.05) is 37.3 Å². The molecule has 0 unspecified atom stereocenters. The highest BCUT2D eigenvalue weighted by Gasteiger charge is 2.76. The van der Waals surface area contributed by atoms with Gasteiger partial charge in [0.1, 0.15) is 0 Å². The lowest BCUT2D eigenvalue weighted by molar-refractivity contribution is -0.130. The molecule has 0 aliphatic heterocycles. The van der Waals surface area contributed by atoms with Gasteiger partial charge < -0.3 is 5.32 Å². The standard InChI is InChI=1S/C17H20BrNO2/c1-15(2)16(3)9-10-17(15,12(18)13(16)20)14(21)19-11-7-5-4-6-8-11/h4-8,12H,9-10H2,1-3H3,(H,19,21)/t12-,16+,17-/m0/s1. The van der Waals surface area contributed by atoms with E-state index < -0.39 is 15.7 Å². The number of hydrogen-bond donors (Lipinski definition) is 1. The zero-order valence-corrected chi connectivity index (χ0v) is 14.2. The van der Waals surface area contributed by atoms with Gasteiger partial charge in [-0.1, -0.05) is 54.9 Å². The van der Waals surface area contributed by atoms with Crippen molar-refractivity contribution < 1.29 is 9.59 Å². The normalized spacial score (nSPS) is 36.8. The summed E-state index contributed by atoms with van der Waals surface area (Å²) >= 11 is 3.53. The maximum Gasteiger partial charge on any atom is 0.232 e. The summed E-state index contributed by atoms with van der Waals surface area (Å²) in [5, 5.41) is 3.00. The molecule has 0 spiro atoms. The van der Waals surface area contributed by atoms with Gasteiger partial charge in [0.15, 0.2) is 5.78 Å². The Hall–Kier alpha value is -1.16. The van der Waals surface area contributed by atoms with E-state index in [9.17, 15) is 9.59 Å². The molecule has 1 aromatic carbocycles. The van der Waals surface area contributed by atoms with E-state index in [-0.39, 0.29) is 17.1 Å². The van der Waals surface area contributed by atoms with Crippen LogP contribution < -0.4 is 5.32 Å². The lowest BCUT2D eigenvalue weighted by Gasteiger charge is -2.39. The molecule has 2 saturated carbocycles. The predicted molar refractivity (Wildman–Crippen MR) is 86.3 cm³/mol. The maximum atomic E-state index is 13.0. The van der Waals surface area contributed by atoms with Gasteiger partial charge in [0.2, 0.25) is 5.91 Å². The van der Waals surface area contributed by atoms with Gasteiger partial charge in [0.05, 0.1) is 10.2 Å². The predicted octanol–water partition coefficient (Wildman–Crippen LogP) is 3.78. The van der Waals surface area contributed by atoms with Crippen LogP contribution in [-0.2, 0) is 9.59 Å². The molecule has 112 valence electrons. The molecule has 21 heavy (non-hydrogen) atoms. The monoisotopic (exact) mass is 349 g/mol. The quantitative estimate of drug-likeness (QED) is 0.825. The third-order valence-corrected chi connectivity index (χ3v) is 7.35. The molecule has 2 bridgehead atoms. The summed E-state index contributed by atoms with van der Waals surface area (Å²) < 4.78 is 0. The van der Waals surface area contributed by atoms with E-state index in [0.717, 1.165) is 18.5 Å². The fourth-order valence-corrected chi connectivity index (χ4v) is 5.73. The first-order chi connectivity index (χ1) is 9.77. The fraction of sp³-hybridized carbons (Fsp3) is 0.529. The van der Waals surface area contributed by atoms with E-state index >= 15 is 0 Å². The van der Waals surface area contributed by atoms with Gasteiger partial charge in [-0.05, 0) is 30.4 Å². The lowest BCUT2D eigenvalue weighted by atomic mass is 9.64. The van der Waals surface area contributed by atoms with Crippen molar-refractivity contribution in [3.63, 3.8) is 0 Å². The van der Waals surface area contributed by atoms with Crippen molar-refractivity contribution in [3.05, 3.63) is 30.3 Å². The number of amides is 1. The van der Waals surface area contributed by atoms with E-state index in [4.69, 9.17) is 0 Å². The molecule has 2 aliphatic rings. The summed E-state index contributed by atoms with van der Waals surface area (Å²) in [6.45, 7) is 6.13. The molecular weight excluding hydrogens is 330 g/mol. The number of rotatable bonds is 2. The lowest BCUT2D eigenvalue weighted by Crippen LogP contribution is -2.47. The molecule has 0 aromatic heterocycles. The number of ketones is 1. The number of fused-ring (bicyclic) bond motifs is 2. The van der Waals surface area contributed by atoms with E-state index in [0.29, 0.717) is 0 Å². The number of benzene rings is 1. The van der Waals surface area contributed by atoms with Crippen molar-refractivity contribution in [3.8, 4) is 0 Å². The molecule has 1 N–H and O–H groups in total. The summed E-state index contributed by atoms with van der Waals surface area (Å²) in [4.78, 5) is 25.3. The van der Waals surface area contributed by atoms with Crippen molar-refractivity contribution in [2.75, 3.05) is 5.32 Å². The molecule has 4 heteroatoms. The number of carbonyl (C=O) groups excluding carboxylic acids is 2. The summed E-state index contributed by atoms with van der Waals surface area (Å²) in [5.74, 6) is 0.122. The first-order valence-electron chi connectivity index (χ1n) is 7.32. The SMILES string of the molecule is CC1(C)[C@]2(C)CC[C@@]1(C(=O)Nc1ccccc1)[C@@H](Br)C2=O. The Balaban J connectivity index is 2.00. The first-order valence-corrected chi connectivity index (χ1v) is 8.24. The molecule has 3 nitrogen and oxygen atoms in total. The molecule has 0 saturated heterocycles. The fourth-order valence-electron chi connectivity index (χ4n) is 4.22. The van der Waals surface area contributed by atoms with Crippen LogP contribution in [0.1, 0.15) is 33.6 Å². The van der Waals surface area contributed by atoms with Crippen LogP contribution in [0.25, 0.3) is 0 Å². The van der Waals surface area contributed by atoms with Gasteiger partial charge in [-0.15, -0.1) is 0 Å². The van der Waals surface area contributed by atoms with Gasteiger partial charge in [-0.2, -0.15) is 0 Å². The van der Waals surface area contributed by atoms with Gasteiger partial charge >= 0.3 is 0 Å². The molecule has 3 rings (SSSR count). The van der Waals surface area contributed by atoms with Crippen LogP contribution in [0.2, 0.25) is 0 Å². The van der Waals surface area contributed by atoms with Crippen LogP contribution in [0.4, 0.5) is 5.69 Å². The zero-order valence-electron chi connectivity index (χ0n) is 12.6. The highest BCUT2D eigenvalue weighted by Crippen LogP contribution is 2.72. The number of Topliss-reactive ketones (excluding diaryl/α,β-unsaturated/α-hetero) is 1. The minimum atomic E-state index is -0.672. The molecule has 1 amide bonds. The average Bonchev–Trinajstić information content (AvgIpc) is 2.72. The number of halogens is 1. The minimum absolute atomic E-state index is 0.0462. The Morgan fingerprint density at radius 2 is 1.81 bits per heavy atom. The average molecular weight is 350 g/mol. The van der Waals surface area contributed by atoms with Gasteiger partial charge in [0.25, 0.3) is 0 Å². The van der Waals surface area contributed by atoms with Crippen LogP contribution in [-0.4, -0.2) is 16.5 Å². The zero-order chi connectivity index (χ0) is 15.5. The minimum Gasteiger partial charge on any atom is -0.326 e. The van der Waals surface area contributed by atoms with Crippen LogP contribution in [0.5, 0.6) is 0 Å². The second-order valence-electron chi connectivity index (χ2n) is 6.98. The molecule has 2 aliphatic carbocycles. The molecular formula is C17H20BrNO2. The van der Waals surface area contributed by atoms with Crippen LogP contribution in [0.3, 0.4) is 0 Å². The van der Waals surface area contributed by atoms with Crippen molar-refractivity contribution in [1.29, 1.82) is 0 Å². The third kappa shape index (κ3) is 1.60. The largest absolute Gasteiger partial charge is 0.326 e. The Bertz CT molecular complexity index is 612. The molecule has 3 atom stereocenters. The van der Waals surface area contributed by atoms with E-state index in [2.05, 4.69) is 35.1 Å². The van der Waals surface area contributed by atoms with Gasteiger partial charge in [0, 0.05) is 11.1 Å². The van der Waals surface area contributed by atoms with Gasteiger partial charge in [-0.3, -0.25) is 9.59 Å².